The van der Waals surface area contributed by atoms with Gasteiger partial charge in [0.2, 0.25) is 5.95 Å². The zero-order valence-electron chi connectivity index (χ0n) is 18.6. The van der Waals surface area contributed by atoms with Gasteiger partial charge in [-0.15, -0.1) is 0 Å². The van der Waals surface area contributed by atoms with Crippen molar-refractivity contribution in [3.05, 3.63) is 45.0 Å². The molecule has 4 heterocycles. The monoisotopic (exact) mass is 481 g/mol. The SMILES string of the molecule is C[C@H]1CC[C@@H](c2nc3cccc(Cl)c3c(=O)n2N2CCOCC2)N1c1nc(N)nc(N)c1C#N. The first-order chi connectivity index (χ1) is 16.4. The van der Waals surface area contributed by atoms with Crippen molar-refractivity contribution < 1.29 is 4.74 Å². The Bertz CT molecular complexity index is 1360. The second-order valence-corrected chi connectivity index (χ2v) is 8.82. The standard InChI is InChI=1S/C22H24ClN9O2/c1-12-5-6-16(31(12)19-13(11-24)18(25)28-22(26)29-19)20-27-15-4-2-3-14(23)17(15)21(33)32(20)30-7-9-34-10-8-30/h2-4,12,16H,5-10H2,1H3,(H4,25,26,28,29)/t12-,16-/m0/s1. The fourth-order valence-corrected chi connectivity index (χ4v) is 5.06. The number of nitrogens with zero attached hydrogens (tertiary/aromatic N) is 7. The lowest BCUT2D eigenvalue weighted by atomic mass is 10.1. The molecule has 3 aromatic rings. The summed E-state index contributed by atoms with van der Waals surface area (Å²) in [4.78, 5) is 29.0. The van der Waals surface area contributed by atoms with Crippen molar-refractivity contribution in [2.24, 2.45) is 0 Å². The number of rotatable bonds is 3. The predicted octanol–water partition coefficient (Wildman–Crippen LogP) is 1.57. The summed E-state index contributed by atoms with van der Waals surface area (Å²) in [7, 11) is 0. The number of aromatic nitrogens is 4. The van der Waals surface area contributed by atoms with Gasteiger partial charge in [-0.1, -0.05) is 17.7 Å². The van der Waals surface area contributed by atoms with Gasteiger partial charge < -0.3 is 26.1 Å². The van der Waals surface area contributed by atoms with E-state index in [0.29, 0.717) is 60.3 Å². The zero-order valence-corrected chi connectivity index (χ0v) is 19.4. The van der Waals surface area contributed by atoms with Gasteiger partial charge in [-0.25, -0.2) is 9.66 Å². The molecule has 2 aliphatic rings. The average molecular weight is 482 g/mol. The molecule has 0 aliphatic carbocycles. The number of halogens is 1. The van der Waals surface area contributed by atoms with Gasteiger partial charge >= 0.3 is 0 Å². The van der Waals surface area contributed by atoms with E-state index < -0.39 is 0 Å². The molecule has 2 fully saturated rings. The molecule has 5 rings (SSSR count). The normalized spacial score (nSPS) is 20.6. The van der Waals surface area contributed by atoms with E-state index in [1.165, 1.54) is 0 Å². The topological polar surface area (TPSA) is 152 Å². The summed E-state index contributed by atoms with van der Waals surface area (Å²) in [5, 5.41) is 12.4. The van der Waals surface area contributed by atoms with Crippen LogP contribution in [0.4, 0.5) is 17.6 Å². The maximum atomic E-state index is 13.8. The Morgan fingerprint density at radius 1 is 1.18 bits per heavy atom. The largest absolute Gasteiger partial charge is 0.382 e. The van der Waals surface area contributed by atoms with Crippen molar-refractivity contribution in [3.8, 4) is 6.07 Å². The second kappa shape index (κ2) is 8.62. The highest BCUT2D eigenvalue weighted by Gasteiger charge is 2.39. The molecule has 12 heteroatoms. The Kier molecular flexibility index (Phi) is 5.63. The quantitative estimate of drug-likeness (QED) is 0.563. The van der Waals surface area contributed by atoms with E-state index >= 15 is 0 Å². The number of hydrogen-bond donors (Lipinski definition) is 2. The van der Waals surface area contributed by atoms with Crippen LogP contribution < -0.4 is 26.9 Å². The van der Waals surface area contributed by atoms with Gasteiger partial charge in [0.05, 0.1) is 48.3 Å². The lowest BCUT2D eigenvalue weighted by Crippen LogP contribution is -2.51. The van der Waals surface area contributed by atoms with Crippen LogP contribution in [0.25, 0.3) is 10.9 Å². The molecule has 11 nitrogen and oxygen atoms in total. The third kappa shape index (κ3) is 3.55. The van der Waals surface area contributed by atoms with Crippen LogP contribution in [-0.2, 0) is 4.74 Å². The molecular weight excluding hydrogens is 458 g/mol. The van der Waals surface area contributed by atoms with E-state index in [-0.39, 0.29) is 35.0 Å². The number of anilines is 3. The zero-order chi connectivity index (χ0) is 24.0. The number of ether oxygens (including phenoxy) is 1. The minimum absolute atomic E-state index is 0.00380. The smallest absolute Gasteiger partial charge is 0.281 e. The minimum atomic E-state index is -0.352. The van der Waals surface area contributed by atoms with Gasteiger partial charge in [-0.05, 0) is 31.9 Å². The lowest BCUT2D eigenvalue weighted by Gasteiger charge is -2.36. The van der Waals surface area contributed by atoms with Gasteiger partial charge in [0.25, 0.3) is 5.56 Å². The first kappa shape index (κ1) is 22.2. The molecule has 0 spiro atoms. The summed E-state index contributed by atoms with van der Waals surface area (Å²) >= 11 is 6.42. The van der Waals surface area contributed by atoms with E-state index in [1.54, 1.807) is 22.9 Å². The first-order valence-electron chi connectivity index (χ1n) is 11.1. The third-order valence-corrected chi connectivity index (χ3v) is 6.69. The summed E-state index contributed by atoms with van der Waals surface area (Å²) in [6, 6.07) is 6.99. The molecule has 1 aromatic carbocycles. The maximum Gasteiger partial charge on any atom is 0.281 e. The summed E-state index contributed by atoms with van der Waals surface area (Å²) in [6.07, 6.45) is 1.49. The number of fused-ring (bicyclic) bond motifs is 1. The van der Waals surface area contributed by atoms with Gasteiger partial charge in [0.1, 0.15) is 17.5 Å². The first-order valence-corrected chi connectivity index (χ1v) is 11.4. The van der Waals surface area contributed by atoms with E-state index in [2.05, 4.69) is 16.0 Å². The molecule has 34 heavy (non-hydrogen) atoms. The number of nitrogen functional groups attached to an aromatic ring is 2. The molecule has 2 aromatic heterocycles. The molecule has 0 amide bonds. The van der Waals surface area contributed by atoms with Gasteiger partial charge in [-0.2, -0.15) is 15.2 Å². The van der Waals surface area contributed by atoms with Crippen molar-refractivity contribution in [1.29, 1.82) is 5.26 Å². The Labute approximate surface area is 200 Å². The fourth-order valence-electron chi connectivity index (χ4n) is 4.81. The summed E-state index contributed by atoms with van der Waals surface area (Å²) in [5.41, 5.74) is 12.3. The van der Waals surface area contributed by atoms with Crippen molar-refractivity contribution in [1.82, 2.24) is 19.6 Å². The molecular formula is C22H24ClN9O2. The van der Waals surface area contributed by atoms with E-state index in [9.17, 15) is 10.1 Å². The van der Waals surface area contributed by atoms with Crippen LogP contribution in [0.2, 0.25) is 5.02 Å². The Balaban J connectivity index is 1.75. The van der Waals surface area contributed by atoms with Crippen molar-refractivity contribution in [2.45, 2.75) is 31.8 Å². The molecule has 2 aliphatic heterocycles. The highest BCUT2D eigenvalue weighted by molar-refractivity contribution is 6.35. The Morgan fingerprint density at radius 3 is 2.68 bits per heavy atom. The molecule has 0 saturated carbocycles. The number of benzene rings is 1. The Morgan fingerprint density at radius 2 is 1.94 bits per heavy atom. The summed E-state index contributed by atoms with van der Waals surface area (Å²) < 4.78 is 7.12. The second-order valence-electron chi connectivity index (χ2n) is 8.41. The highest BCUT2D eigenvalue weighted by atomic mass is 35.5. The minimum Gasteiger partial charge on any atom is -0.382 e. The van der Waals surface area contributed by atoms with Crippen LogP contribution in [0.5, 0.6) is 0 Å². The molecule has 176 valence electrons. The average Bonchev–Trinajstić information content (AvgIpc) is 3.20. The van der Waals surface area contributed by atoms with Crippen molar-refractivity contribution in [3.63, 3.8) is 0 Å². The molecule has 0 unspecified atom stereocenters. The van der Waals surface area contributed by atoms with Gasteiger partial charge in [-0.3, -0.25) is 4.79 Å². The molecule has 0 bridgehead atoms. The van der Waals surface area contributed by atoms with E-state index in [0.717, 1.165) is 6.42 Å². The number of hydrogen-bond acceptors (Lipinski definition) is 10. The molecule has 2 atom stereocenters. The number of nitrogens with two attached hydrogens (primary N) is 2. The summed E-state index contributed by atoms with van der Waals surface area (Å²) in [6.45, 7) is 4.08. The third-order valence-electron chi connectivity index (χ3n) is 6.38. The van der Waals surface area contributed by atoms with E-state index in [1.807, 2.05) is 16.8 Å². The van der Waals surface area contributed by atoms with Crippen LogP contribution in [0.15, 0.2) is 23.0 Å². The summed E-state index contributed by atoms with van der Waals surface area (Å²) in [5.74, 6) is 0.891. The predicted molar refractivity (Wildman–Crippen MR) is 129 cm³/mol. The highest BCUT2D eigenvalue weighted by Crippen LogP contribution is 2.41. The van der Waals surface area contributed by atoms with E-state index in [4.69, 9.17) is 32.8 Å². The van der Waals surface area contributed by atoms with Gasteiger partial charge in [0.15, 0.2) is 11.6 Å². The van der Waals surface area contributed by atoms with Crippen LogP contribution in [0.1, 0.15) is 37.2 Å². The van der Waals surface area contributed by atoms with Crippen molar-refractivity contribution in [2.75, 3.05) is 47.7 Å². The molecule has 4 N–H and O–H groups in total. The van der Waals surface area contributed by atoms with Crippen LogP contribution in [-0.4, -0.2) is 52.0 Å². The fraction of sp³-hybridized carbons (Fsp3) is 0.409. The Hall–Kier alpha value is -3.62. The van der Waals surface area contributed by atoms with Gasteiger partial charge in [0, 0.05) is 6.04 Å². The maximum absolute atomic E-state index is 13.8. The molecule has 0 radical (unpaired) electrons. The number of nitriles is 1. The van der Waals surface area contributed by atoms with Crippen LogP contribution in [0, 0.1) is 11.3 Å². The van der Waals surface area contributed by atoms with Crippen LogP contribution >= 0.6 is 11.6 Å². The number of morpholine rings is 1. The van der Waals surface area contributed by atoms with Crippen LogP contribution in [0.3, 0.4) is 0 Å². The lowest BCUT2D eigenvalue weighted by molar-refractivity contribution is 0.110. The van der Waals surface area contributed by atoms with Crippen molar-refractivity contribution >= 4 is 40.1 Å². The molecule has 2 saturated heterocycles.